The Morgan fingerprint density at radius 2 is 2.09 bits per heavy atom. The number of halogens is 1. The van der Waals surface area contributed by atoms with Gasteiger partial charge in [-0.15, -0.1) is 11.3 Å². The predicted molar refractivity (Wildman–Crippen MR) is 97.5 cm³/mol. The van der Waals surface area contributed by atoms with Crippen molar-refractivity contribution >= 4 is 44.4 Å². The van der Waals surface area contributed by atoms with E-state index in [9.17, 15) is 0 Å². The zero-order valence-corrected chi connectivity index (χ0v) is 14.8. The Labute approximate surface area is 147 Å². The van der Waals surface area contributed by atoms with Crippen molar-refractivity contribution in [2.75, 3.05) is 0 Å². The molecule has 0 bridgehead atoms. The SMILES string of the molecule is Brc1ccccc1C1N=C2c3c(sc4c3CCCC4)N=CN2N1. The molecule has 0 spiro atoms. The summed E-state index contributed by atoms with van der Waals surface area (Å²) >= 11 is 5.48. The lowest BCUT2D eigenvalue weighted by Gasteiger charge is -2.21. The van der Waals surface area contributed by atoms with Crippen LogP contribution in [0.5, 0.6) is 0 Å². The highest BCUT2D eigenvalue weighted by molar-refractivity contribution is 9.10. The number of aliphatic imine (C=N–C) groups is 2. The smallest absolute Gasteiger partial charge is 0.156 e. The first-order chi connectivity index (χ1) is 11.3. The average molecular weight is 387 g/mol. The van der Waals surface area contributed by atoms with Crippen molar-refractivity contribution in [3.8, 4) is 0 Å². The van der Waals surface area contributed by atoms with E-state index in [-0.39, 0.29) is 6.17 Å². The quantitative estimate of drug-likeness (QED) is 0.791. The average Bonchev–Trinajstić information content (AvgIpc) is 3.15. The number of benzene rings is 1. The molecule has 2 aliphatic heterocycles. The van der Waals surface area contributed by atoms with Gasteiger partial charge in [-0.2, -0.15) is 5.43 Å². The zero-order chi connectivity index (χ0) is 15.4. The molecule has 1 N–H and O–H groups in total. The molecular weight excluding hydrogens is 372 g/mol. The van der Waals surface area contributed by atoms with Gasteiger partial charge in [0, 0.05) is 14.9 Å². The van der Waals surface area contributed by atoms with Crippen molar-refractivity contribution in [3.05, 3.63) is 50.3 Å². The van der Waals surface area contributed by atoms with Crippen LogP contribution in [0.1, 0.15) is 40.6 Å². The van der Waals surface area contributed by atoms with Crippen molar-refractivity contribution in [1.82, 2.24) is 10.4 Å². The predicted octanol–water partition coefficient (Wildman–Crippen LogP) is 4.33. The Hall–Kier alpha value is -1.50. The fraction of sp³-hybridized carbons (Fsp3) is 0.294. The molecule has 1 aliphatic carbocycles. The Morgan fingerprint density at radius 1 is 1.22 bits per heavy atom. The van der Waals surface area contributed by atoms with Gasteiger partial charge in [0.25, 0.3) is 0 Å². The number of hydrogen-bond donors (Lipinski definition) is 1. The molecule has 23 heavy (non-hydrogen) atoms. The zero-order valence-electron chi connectivity index (χ0n) is 12.4. The third-order valence-electron chi connectivity index (χ3n) is 4.61. The number of thiophene rings is 1. The van der Waals surface area contributed by atoms with Crippen molar-refractivity contribution in [2.24, 2.45) is 9.98 Å². The van der Waals surface area contributed by atoms with Gasteiger partial charge in [-0.25, -0.2) is 15.0 Å². The highest BCUT2D eigenvalue weighted by atomic mass is 79.9. The first-order valence-corrected chi connectivity index (χ1v) is 9.49. The third-order valence-corrected chi connectivity index (χ3v) is 6.53. The molecule has 1 unspecified atom stereocenters. The summed E-state index contributed by atoms with van der Waals surface area (Å²) in [5, 5.41) is 3.11. The van der Waals surface area contributed by atoms with Gasteiger partial charge in [0.05, 0.1) is 5.56 Å². The second kappa shape index (κ2) is 5.26. The van der Waals surface area contributed by atoms with Crippen LogP contribution >= 0.6 is 27.3 Å². The molecular formula is C17H15BrN4S. The number of amidine groups is 1. The van der Waals surface area contributed by atoms with Gasteiger partial charge in [-0.05, 0) is 37.3 Å². The second-order valence-electron chi connectivity index (χ2n) is 6.01. The lowest BCUT2D eigenvalue weighted by molar-refractivity contribution is 0.426. The summed E-state index contributed by atoms with van der Waals surface area (Å²) in [5.41, 5.74) is 7.33. The van der Waals surface area contributed by atoms with Gasteiger partial charge in [-0.1, -0.05) is 34.1 Å². The van der Waals surface area contributed by atoms with Gasteiger partial charge in [0.2, 0.25) is 0 Å². The van der Waals surface area contributed by atoms with E-state index in [1.165, 1.54) is 35.3 Å². The summed E-state index contributed by atoms with van der Waals surface area (Å²) in [7, 11) is 0. The third kappa shape index (κ3) is 2.12. The molecule has 0 radical (unpaired) electrons. The molecule has 6 heteroatoms. The number of hydrazine groups is 1. The summed E-state index contributed by atoms with van der Waals surface area (Å²) in [6.07, 6.45) is 6.70. The molecule has 3 aliphatic rings. The maximum absolute atomic E-state index is 4.98. The van der Waals surface area contributed by atoms with Crippen molar-refractivity contribution < 1.29 is 0 Å². The van der Waals surface area contributed by atoms with Crippen LogP contribution < -0.4 is 5.43 Å². The van der Waals surface area contributed by atoms with Gasteiger partial charge >= 0.3 is 0 Å². The minimum absolute atomic E-state index is 0.0721. The number of rotatable bonds is 1. The van der Waals surface area contributed by atoms with E-state index in [4.69, 9.17) is 4.99 Å². The number of nitrogens with one attached hydrogen (secondary N) is 1. The standard InChI is InChI=1S/C17H15BrN4S/c18-12-7-3-1-5-10(12)15-20-16-14-11-6-2-4-8-13(11)23-17(14)19-9-22(16)21-15/h1,3,5,7,9,15,21H,2,4,6,8H2. The van der Waals surface area contributed by atoms with Crippen LogP contribution in [0, 0.1) is 0 Å². The molecule has 5 rings (SSSR count). The van der Waals surface area contributed by atoms with Crippen LogP contribution in [0.15, 0.2) is 38.7 Å². The summed E-state index contributed by atoms with van der Waals surface area (Å²) in [6.45, 7) is 0. The lowest BCUT2D eigenvalue weighted by atomic mass is 9.95. The van der Waals surface area contributed by atoms with Gasteiger partial charge in [0.1, 0.15) is 17.5 Å². The van der Waals surface area contributed by atoms with Crippen LogP contribution in [0.25, 0.3) is 0 Å². The second-order valence-corrected chi connectivity index (χ2v) is 7.95. The van der Waals surface area contributed by atoms with Crippen molar-refractivity contribution in [1.29, 1.82) is 0 Å². The Kier molecular flexibility index (Phi) is 3.18. The van der Waals surface area contributed by atoms with E-state index >= 15 is 0 Å². The van der Waals surface area contributed by atoms with E-state index in [1.807, 2.05) is 34.8 Å². The fourth-order valence-electron chi connectivity index (χ4n) is 3.50. The summed E-state index contributed by atoms with van der Waals surface area (Å²) in [4.78, 5) is 11.1. The van der Waals surface area contributed by atoms with Crippen LogP contribution in [0.2, 0.25) is 0 Å². The normalized spacial score (nSPS) is 21.7. The molecule has 2 aromatic rings. The maximum Gasteiger partial charge on any atom is 0.156 e. The topological polar surface area (TPSA) is 40.0 Å². The van der Waals surface area contributed by atoms with Gasteiger partial charge in [-0.3, -0.25) is 0 Å². The highest BCUT2D eigenvalue weighted by Gasteiger charge is 2.34. The molecule has 0 fully saturated rings. The summed E-state index contributed by atoms with van der Waals surface area (Å²) in [6, 6.07) is 8.23. The first-order valence-electron chi connectivity index (χ1n) is 7.88. The van der Waals surface area contributed by atoms with Crippen LogP contribution in [0.4, 0.5) is 5.00 Å². The number of hydrogen-bond acceptors (Lipinski definition) is 5. The van der Waals surface area contributed by atoms with Crippen molar-refractivity contribution in [3.63, 3.8) is 0 Å². The Morgan fingerprint density at radius 3 is 3.00 bits per heavy atom. The van der Waals surface area contributed by atoms with E-state index < -0.39 is 0 Å². The molecule has 1 aromatic carbocycles. The molecule has 1 atom stereocenters. The highest BCUT2D eigenvalue weighted by Crippen LogP contribution is 2.43. The van der Waals surface area contributed by atoms with Gasteiger partial charge in [0.15, 0.2) is 5.84 Å². The molecule has 3 heterocycles. The minimum atomic E-state index is -0.0721. The van der Waals surface area contributed by atoms with Crippen LogP contribution in [-0.4, -0.2) is 17.2 Å². The molecule has 0 saturated carbocycles. The molecule has 0 saturated heterocycles. The van der Waals surface area contributed by atoms with Crippen molar-refractivity contribution in [2.45, 2.75) is 31.8 Å². The first kappa shape index (κ1) is 13.9. The number of aryl methyl sites for hydroxylation is 1. The molecule has 1 aromatic heterocycles. The van der Waals surface area contributed by atoms with Crippen LogP contribution in [-0.2, 0) is 12.8 Å². The summed E-state index contributed by atoms with van der Waals surface area (Å²) in [5.74, 6) is 1.02. The fourth-order valence-corrected chi connectivity index (χ4v) is 5.22. The molecule has 116 valence electrons. The number of fused-ring (bicyclic) bond motifs is 5. The van der Waals surface area contributed by atoms with E-state index in [0.717, 1.165) is 27.3 Å². The minimum Gasteiger partial charge on any atom is -0.246 e. The van der Waals surface area contributed by atoms with E-state index in [1.54, 1.807) is 0 Å². The monoisotopic (exact) mass is 386 g/mol. The maximum atomic E-state index is 4.98. The number of nitrogens with zero attached hydrogens (tertiary/aromatic N) is 3. The van der Waals surface area contributed by atoms with Gasteiger partial charge < -0.3 is 0 Å². The van der Waals surface area contributed by atoms with Crippen LogP contribution in [0.3, 0.4) is 0 Å². The van der Waals surface area contributed by atoms with E-state index in [0.29, 0.717) is 0 Å². The Bertz CT molecular complexity index is 854. The van der Waals surface area contributed by atoms with E-state index in [2.05, 4.69) is 38.5 Å². The summed E-state index contributed by atoms with van der Waals surface area (Å²) < 4.78 is 1.08. The lowest BCUT2D eigenvalue weighted by Crippen LogP contribution is -2.38. The molecule has 0 amide bonds. The Balaban J connectivity index is 1.62. The largest absolute Gasteiger partial charge is 0.246 e. The molecule has 4 nitrogen and oxygen atoms in total.